The second kappa shape index (κ2) is 9.49. The number of amides is 1. The Morgan fingerprint density at radius 3 is 2.48 bits per heavy atom. The highest BCUT2D eigenvalue weighted by atomic mass is 32.1. The number of aromatic nitrogens is 1. The molecule has 0 radical (unpaired) electrons. The topological polar surface area (TPSA) is 57.7 Å². The predicted molar refractivity (Wildman–Crippen MR) is 126 cm³/mol. The third kappa shape index (κ3) is 4.89. The van der Waals surface area contributed by atoms with E-state index in [1.165, 1.54) is 16.0 Å². The van der Waals surface area contributed by atoms with E-state index in [1.807, 2.05) is 30.5 Å². The summed E-state index contributed by atoms with van der Waals surface area (Å²) in [5.74, 6) is 1.69. The van der Waals surface area contributed by atoms with Gasteiger partial charge in [0, 0.05) is 54.9 Å². The number of rotatable bonds is 6. The third-order valence-electron chi connectivity index (χ3n) is 5.82. The van der Waals surface area contributed by atoms with Gasteiger partial charge in [0.05, 0.1) is 7.11 Å². The standard InChI is InChI=1S/C24H28N4O2S/c1-17-18(2)31-24(26-23(29)19-7-9-20(30-3)10-8-19)21(17)16-27-12-14-28(15-13-27)22-6-4-5-11-25-22/h4-11H,12-16H2,1-3H3,(H,26,29). The number of thiophene rings is 1. The summed E-state index contributed by atoms with van der Waals surface area (Å²) in [4.78, 5) is 23.3. The molecule has 0 saturated carbocycles. The van der Waals surface area contributed by atoms with Crippen LogP contribution >= 0.6 is 11.3 Å². The van der Waals surface area contributed by atoms with Crippen molar-refractivity contribution < 1.29 is 9.53 Å². The normalized spacial score (nSPS) is 14.5. The van der Waals surface area contributed by atoms with Gasteiger partial charge in [-0.05, 0) is 55.8 Å². The molecule has 1 aliphatic heterocycles. The first-order chi connectivity index (χ1) is 15.0. The molecule has 0 unspecified atom stereocenters. The van der Waals surface area contributed by atoms with Crippen molar-refractivity contribution in [3.8, 4) is 5.75 Å². The fourth-order valence-electron chi connectivity index (χ4n) is 3.78. The number of pyridine rings is 1. The minimum atomic E-state index is -0.0925. The van der Waals surface area contributed by atoms with Crippen LogP contribution in [0.4, 0.5) is 10.8 Å². The fourth-order valence-corrected chi connectivity index (χ4v) is 4.85. The van der Waals surface area contributed by atoms with Crippen molar-refractivity contribution in [1.29, 1.82) is 0 Å². The first-order valence-electron chi connectivity index (χ1n) is 10.5. The van der Waals surface area contributed by atoms with Gasteiger partial charge in [-0.3, -0.25) is 9.69 Å². The molecular weight excluding hydrogens is 408 g/mol. The van der Waals surface area contributed by atoms with Crippen molar-refractivity contribution in [2.24, 2.45) is 0 Å². The summed E-state index contributed by atoms with van der Waals surface area (Å²) in [6, 6.07) is 13.2. The Morgan fingerprint density at radius 1 is 1.10 bits per heavy atom. The molecule has 1 fully saturated rings. The lowest BCUT2D eigenvalue weighted by atomic mass is 10.1. The lowest BCUT2D eigenvalue weighted by Gasteiger charge is -2.35. The molecule has 1 aromatic carbocycles. The summed E-state index contributed by atoms with van der Waals surface area (Å²) in [6.07, 6.45) is 1.84. The van der Waals surface area contributed by atoms with Crippen LogP contribution in [0.3, 0.4) is 0 Å². The number of methoxy groups -OCH3 is 1. The van der Waals surface area contributed by atoms with Crippen molar-refractivity contribution in [3.05, 3.63) is 70.2 Å². The van der Waals surface area contributed by atoms with Crippen LogP contribution in [0, 0.1) is 13.8 Å². The SMILES string of the molecule is COc1ccc(C(=O)Nc2sc(C)c(C)c2CN2CCN(c3ccccn3)CC2)cc1. The zero-order valence-corrected chi connectivity index (χ0v) is 19.0. The number of nitrogens with one attached hydrogen (secondary N) is 1. The number of hydrogen-bond acceptors (Lipinski definition) is 6. The molecule has 0 atom stereocenters. The van der Waals surface area contributed by atoms with Crippen molar-refractivity contribution in [2.45, 2.75) is 20.4 Å². The summed E-state index contributed by atoms with van der Waals surface area (Å²) in [5.41, 5.74) is 3.11. The van der Waals surface area contributed by atoms with Gasteiger partial charge in [-0.2, -0.15) is 0 Å². The fraction of sp³-hybridized carbons (Fsp3) is 0.333. The molecule has 1 aliphatic rings. The Morgan fingerprint density at radius 2 is 1.84 bits per heavy atom. The van der Waals surface area contributed by atoms with E-state index >= 15 is 0 Å². The van der Waals surface area contributed by atoms with E-state index in [1.54, 1.807) is 30.6 Å². The minimum Gasteiger partial charge on any atom is -0.497 e. The Labute approximate surface area is 187 Å². The molecular formula is C24H28N4O2S. The van der Waals surface area contributed by atoms with E-state index in [4.69, 9.17) is 4.74 Å². The van der Waals surface area contributed by atoms with Crippen LogP contribution in [0.15, 0.2) is 48.7 Å². The van der Waals surface area contributed by atoms with Gasteiger partial charge in [0.1, 0.15) is 16.6 Å². The average Bonchev–Trinajstić information content (AvgIpc) is 3.07. The van der Waals surface area contributed by atoms with Crippen molar-refractivity contribution in [2.75, 3.05) is 43.5 Å². The maximum atomic E-state index is 12.8. The van der Waals surface area contributed by atoms with Crippen LogP contribution in [-0.4, -0.2) is 49.1 Å². The monoisotopic (exact) mass is 436 g/mol. The molecule has 1 saturated heterocycles. The molecule has 31 heavy (non-hydrogen) atoms. The van der Waals surface area contributed by atoms with Gasteiger partial charge < -0.3 is 15.0 Å². The second-order valence-corrected chi connectivity index (χ2v) is 8.95. The number of carbonyl (C=O) groups is 1. The van der Waals surface area contributed by atoms with Crippen LogP contribution in [0.5, 0.6) is 5.75 Å². The van der Waals surface area contributed by atoms with Crippen LogP contribution in [0.1, 0.15) is 26.4 Å². The highest BCUT2D eigenvalue weighted by molar-refractivity contribution is 7.16. The van der Waals surface area contributed by atoms with Crippen LogP contribution in [0.25, 0.3) is 0 Å². The molecule has 0 bridgehead atoms. The molecule has 7 heteroatoms. The number of anilines is 2. The Balaban J connectivity index is 1.43. The minimum absolute atomic E-state index is 0.0925. The maximum Gasteiger partial charge on any atom is 0.256 e. The number of benzene rings is 1. The van der Waals surface area contributed by atoms with E-state index in [9.17, 15) is 4.79 Å². The second-order valence-electron chi connectivity index (χ2n) is 7.72. The first-order valence-corrected chi connectivity index (χ1v) is 11.3. The van der Waals surface area contributed by atoms with Gasteiger partial charge in [0.25, 0.3) is 5.91 Å². The van der Waals surface area contributed by atoms with E-state index in [0.717, 1.165) is 49.3 Å². The van der Waals surface area contributed by atoms with Crippen molar-refractivity contribution in [3.63, 3.8) is 0 Å². The molecule has 1 N–H and O–H groups in total. The van der Waals surface area contributed by atoms with E-state index in [2.05, 4.69) is 40.0 Å². The predicted octanol–water partition coefficient (Wildman–Crippen LogP) is 4.34. The molecule has 1 amide bonds. The van der Waals surface area contributed by atoms with Gasteiger partial charge in [-0.1, -0.05) is 6.07 Å². The van der Waals surface area contributed by atoms with E-state index in [-0.39, 0.29) is 5.91 Å². The molecule has 3 aromatic rings. The zero-order valence-electron chi connectivity index (χ0n) is 18.2. The van der Waals surface area contributed by atoms with Crippen LogP contribution in [-0.2, 0) is 6.54 Å². The summed E-state index contributed by atoms with van der Waals surface area (Å²) in [7, 11) is 1.62. The van der Waals surface area contributed by atoms with Gasteiger partial charge in [-0.25, -0.2) is 4.98 Å². The Bertz CT molecular complexity index is 1030. The largest absolute Gasteiger partial charge is 0.497 e. The Kier molecular flexibility index (Phi) is 6.53. The number of nitrogens with zero attached hydrogens (tertiary/aromatic N) is 3. The van der Waals surface area contributed by atoms with Gasteiger partial charge in [-0.15, -0.1) is 11.3 Å². The molecule has 162 valence electrons. The lowest BCUT2D eigenvalue weighted by molar-refractivity contribution is 0.102. The first kappa shape index (κ1) is 21.3. The zero-order chi connectivity index (χ0) is 21.8. The molecule has 6 nitrogen and oxygen atoms in total. The Hall–Kier alpha value is -2.90. The van der Waals surface area contributed by atoms with Gasteiger partial charge in [0.2, 0.25) is 0 Å². The molecule has 4 rings (SSSR count). The summed E-state index contributed by atoms with van der Waals surface area (Å²) in [5, 5.41) is 4.09. The number of carbonyl (C=O) groups excluding carboxylic acids is 1. The molecule has 0 aliphatic carbocycles. The highest BCUT2D eigenvalue weighted by Gasteiger charge is 2.22. The number of aryl methyl sites for hydroxylation is 1. The highest BCUT2D eigenvalue weighted by Crippen LogP contribution is 2.34. The summed E-state index contributed by atoms with van der Waals surface area (Å²) in [6.45, 7) is 8.94. The van der Waals surface area contributed by atoms with E-state index in [0.29, 0.717) is 5.56 Å². The number of hydrogen-bond donors (Lipinski definition) is 1. The quantitative estimate of drug-likeness (QED) is 0.623. The molecule has 3 heterocycles. The van der Waals surface area contributed by atoms with Crippen LogP contribution in [0.2, 0.25) is 0 Å². The number of ether oxygens (including phenoxy) is 1. The van der Waals surface area contributed by atoms with Crippen LogP contribution < -0.4 is 15.0 Å². The van der Waals surface area contributed by atoms with Gasteiger partial charge >= 0.3 is 0 Å². The maximum absolute atomic E-state index is 12.8. The molecule has 2 aromatic heterocycles. The third-order valence-corrected chi connectivity index (χ3v) is 6.98. The van der Waals surface area contributed by atoms with Crippen molar-refractivity contribution in [1.82, 2.24) is 9.88 Å². The summed E-state index contributed by atoms with van der Waals surface area (Å²) >= 11 is 1.65. The number of piperazine rings is 1. The van der Waals surface area contributed by atoms with E-state index < -0.39 is 0 Å². The lowest BCUT2D eigenvalue weighted by Crippen LogP contribution is -2.46. The van der Waals surface area contributed by atoms with Crippen molar-refractivity contribution >= 4 is 28.1 Å². The average molecular weight is 437 g/mol. The molecule has 0 spiro atoms. The van der Waals surface area contributed by atoms with Gasteiger partial charge in [0.15, 0.2) is 0 Å². The summed E-state index contributed by atoms with van der Waals surface area (Å²) < 4.78 is 5.18. The smallest absolute Gasteiger partial charge is 0.256 e.